The van der Waals surface area contributed by atoms with E-state index in [9.17, 15) is 9.90 Å². The number of phenols is 1. The normalized spacial score (nSPS) is 11.2. The van der Waals surface area contributed by atoms with E-state index < -0.39 is 5.63 Å². The minimum absolute atomic E-state index is 0.0616. The van der Waals surface area contributed by atoms with Crippen molar-refractivity contribution in [2.75, 3.05) is 0 Å². The smallest absolute Gasteiger partial charge is 0.360 e. The number of hydrogen-bond donors (Lipinski definition) is 1. The van der Waals surface area contributed by atoms with E-state index in [4.69, 9.17) is 4.42 Å². The van der Waals surface area contributed by atoms with Crippen molar-refractivity contribution in [3.05, 3.63) is 65.3 Å². The molecule has 2 heterocycles. The van der Waals surface area contributed by atoms with Crippen molar-refractivity contribution in [3.63, 3.8) is 0 Å². The molecular formula is C16H10N2O3. The van der Waals surface area contributed by atoms with Gasteiger partial charge in [-0.25, -0.2) is 9.78 Å². The van der Waals surface area contributed by atoms with Crippen LogP contribution in [0.5, 0.6) is 5.75 Å². The first-order valence-electron chi connectivity index (χ1n) is 6.42. The molecule has 0 unspecified atom stereocenters. The van der Waals surface area contributed by atoms with Crippen molar-refractivity contribution >= 4 is 22.0 Å². The van der Waals surface area contributed by atoms with E-state index in [1.807, 2.05) is 24.3 Å². The average Bonchev–Trinajstić information content (AvgIpc) is 2.90. The van der Waals surface area contributed by atoms with E-state index in [-0.39, 0.29) is 5.75 Å². The Morgan fingerprint density at radius 3 is 2.86 bits per heavy atom. The summed E-state index contributed by atoms with van der Waals surface area (Å²) in [6, 6.07) is 14.0. The van der Waals surface area contributed by atoms with Gasteiger partial charge in [0.25, 0.3) is 0 Å². The van der Waals surface area contributed by atoms with Gasteiger partial charge in [-0.1, -0.05) is 12.1 Å². The highest BCUT2D eigenvalue weighted by Gasteiger charge is 2.11. The summed E-state index contributed by atoms with van der Waals surface area (Å²) in [5.74, 6) is 0.0616. The predicted molar refractivity (Wildman–Crippen MR) is 78.8 cm³/mol. The zero-order chi connectivity index (χ0) is 14.4. The van der Waals surface area contributed by atoms with Gasteiger partial charge in [-0.05, 0) is 30.3 Å². The minimum Gasteiger partial charge on any atom is -0.508 e. The van der Waals surface area contributed by atoms with Gasteiger partial charge < -0.3 is 9.52 Å². The number of hydrogen-bond acceptors (Lipinski definition) is 4. The number of nitrogens with zero attached hydrogens (tertiary/aromatic N) is 2. The highest BCUT2D eigenvalue weighted by molar-refractivity contribution is 5.82. The van der Waals surface area contributed by atoms with Gasteiger partial charge in [0, 0.05) is 11.5 Å². The monoisotopic (exact) mass is 278 g/mol. The van der Waals surface area contributed by atoms with Gasteiger partial charge in [-0.2, -0.15) is 0 Å². The predicted octanol–water partition coefficient (Wildman–Crippen LogP) is 2.84. The molecule has 21 heavy (non-hydrogen) atoms. The van der Waals surface area contributed by atoms with Crippen LogP contribution in [0.4, 0.5) is 0 Å². The van der Waals surface area contributed by atoms with Crippen LogP contribution in [0.2, 0.25) is 0 Å². The fourth-order valence-electron chi connectivity index (χ4n) is 2.41. The van der Waals surface area contributed by atoms with Crippen LogP contribution in [0.15, 0.2) is 64.1 Å². The molecule has 0 atom stereocenters. The molecule has 5 heteroatoms. The molecule has 0 aliphatic heterocycles. The summed E-state index contributed by atoms with van der Waals surface area (Å²) in [6.07, 6.45) is 1.60. The molecule has 5 nitrogen and oxygen atoms in total. The van der Waals surface area contributed by atoms with Crippen LogP contribution in [0.1, 0.15) is 0 Å². The van der Waals surface area contributed by atoms with Gasteiger partial charge in [0.1, 0.15) is 23.3 Å². The lowest BCUT2D eigenvalue weighted by atomic mass is 10.2. The summed E-state index contributed by atoms with van der Waals surface area (Å²) in [5, 5.41) is 10.2. The molecule has 2 aromatic carbocycles. The van der Waals surface area contributed by atoms with E-state index in [0.29, 0.717) is 11.3 Å². The van der Waals surface area contributed by atoms with Gasteiger partial charge in [-0.3, -0.25) is 4.57 Å². The van der Waals surface area contributed by atoms with Gasteiger partial charge in [-0.15, -0.1) is 0 Å². The molecule has 0 saturated heterocycles. The van der Waals surface area contributed by atoms with Gasteiger partial charge in [0.15, 0.2) is 0 Å². The number of aromatic nitrogens is 2. The molecule has 0 aliphatic carbocycles. The molecule has 0 amide bonds. The van der Waals surface area contributed by atoms with Crippen LogP contribution in [0.3, 0.4) is 0 Å². The highest BCUT2D eigenvalue weighted by atomic mass is 16.4. The second kappa shape index (κ2) is 4.21. The molecule has 0 saturated carbocycles. The summed E-state index contributed by atoms with van der Waals surface area (Å²) in [5.41, 5.74) is 1.91. The van der Waals surface area contributed by atoms with Crippen LogP contribution >= 0.6 is 0 Å². The Balaban J connectivity index is 2.04. The number of para-hydroxylation sites is 2. The van der Waals surface area contributed by atoms with Crippen molar-refractivity contribution in [2.24, 2.45) is 0 Å². The third kappa shape index (κ3) is 1.79. The van der Waals surface area contributed by atoms with Crippen LogP contribution in [0.25, 0.3) is 27.7 Å². The van der Waals surface area contributed by atoms with Crippen LogP contribution in [0, 0.1) is 0 Å². The zero-order valence-electron chi connectivity index (χ0n) is 10.9. The molecule has 0 radical (unpaired) electrons. The lowest BCUT2D eigenvalue weighted by Crippen LogP contribution is -2.09. The number of phenolic OH excluding ortho intramolecular Hbond substituents is 1. The van der Waals surface area contributed by atoms with Crippen LogP contribution in [-0.4, -0.2) is 14.7 Å². The van der Waals surface area contributed by atoms with Crippen LogP contribution < -0.4 is 5.63 Å². The maximum Gasteiger partial charge on any atom is 0.360 e. The first kappa shape index (κ1) is 11.7. The molecular weight excluding hydrogens is 268 g/mol. The Kier molecular flexibility index (Phi) is 2.35. The van der Waals surface area contributed by atoms with E-state index >= 15 is 0 Å². The van der Waals surface area contributed by atoms with E-state index in [0.717, 1.165) is 16.4 Å². The Hall–Kier alpha value is -3.08. The minimum atomic E-state index is -0.476. The number of aromatic hydroxyl groups is 1. The molecule has 102 valence electrons. The lowest BCUT2D eigenvalue weighted by molar-refractivity contribution is 0.473. The third-order valence-electron chi connectivity index (χ3n) is 3.41. The van der Waals surface area contributed by atoms with Crippen molar-refractivity contribution in [1.82, 2.24) is 9.55 Å². The standard InChI is InChI=1S/C16H10N2O3/c19-11-6-5-10-7-14(16(20)21-15(10)8-11)18-9-17-12-3-1-2-4-13(12)18/h1-9,19H. The fraction of sp³-hybridized carbons (Fsp3) is 0. The molecule has 4 rings (SSSR count). The number of fused-ring (bicyclic) bond motifs is 2. The van der Waals surface area contributed by atoms with Gasteiger partial charge >= 0.3 is 5.63 Å². The number of rotatable bonds is 1. The van der Waals surface area contributed by atoms with E-state index in [2.05, 4.69) is 4.98 Å². The van der Waals surface area contributed by atoms with E-state index in [1.165, 1.54) is 6.07 Å². The summed E-state index contributed by atoms with van der Waals surface area (Å²) >= 11 is 0. The molecule has 2 aromatic heterocycles. The van der Waals surface area contributed by atoms with Crippen molar-refractivity contribution in [1.29, 1.82) is 0 Å². The van der Waals surface area contributed by atoms with Gasteiger partial charge in [0.05, 0.1) is 11.0 Å². The Labute approximate surface area is 118 Å². The largest absolute Gasteiger partial charge is 0.508 e. The summed E-state index contributed by atoms with van der Waals surface area (Å²) < 4.78 is 6.98. The number of benzene rings is 2. The Morgan fingerprint density at radius 2 is 1.95 bits per heavy atom. The molecule has 0 bridgehead atoms. The fourth-order valence-corrected chi connectivity index (χ4v) is 2.41. The quantitative estimate of drug-likeness (QED) is 0.544. The topological polar surface area (TPSA) is 68.3 Å². The summed E-state index contributed by atoms with van der Waals surface area (Å²) in [4.78, 5) is 16.5. The van der Waals surface area contributed by atoms with Crippen molar-refractivity contribution in [2.45, 2.75) is 0 Å². The maximum absolute atomic E-state index is 12.2. The second-order valence-corrected chi connectivity index (χ2v) is 4.74. The van der Waals surface area contributed by atoms with Crippen molar-refractivity contribution in [3.8, 4) is 11.4 Å². The Bertz CT molecular complexity index is 1030. The molecule has 0 aliphatic rings. The molecule has 4 aromatic rings. The summed E-state index contributed by atoms with van der Waals surface area (Å²) in [6.45, 7) is 0. The lowest BCUT2D eigenvalue weighted by Gasteiger charge is -2.04. The van der Waals surface area contributed by atoms with E-state index in [1.54, 1.807) is 29.1 Å². The first-order valence-corrected chi connectivity index (χ1v) is 6.42. The Morgan fingerprint density at radius 1 is 1.10 bits per heavy atom. The molecule has 0 spiro atoms. The zero-order valence-corrected chi connectivity index (χ0v) is 10.9. The first-order chi connectivity index (χ1) is 10.2. The van der Waals surface area contributed by atoms with Gasteiger partial charge in [0.2, 0.25) is 0 Å². The van der Waals surface area contributed by atoms with Crippen LogP contribution in [-0.2, 0) is 0 Å². The second-order valence-electron chi connectivity index (χ2n) is 4.74. The number of imidazole rings is 1. The average molecular weight is 278 g/mol. The molecule has 1 N–H and O–H groups in total. The maximum atomic E-state index is 12.2. The highest BCUT2D eigenvalue weighted by Crippen LogP contribution is 2.22. The van der Waals surface area contributed by atoms with Crippen molar-refractivity contribution < 1.29 is 9.52 Å². The summed E-state index contributed by atoms with van der Waals surface area (Å²) in [7, 11) is 0. The third-order valence-corrected chi connectivity index (χ3v) is 3.41. The SMILES string of the molecule is O=c1oc2cc(O)ccc2cc1-n1cnc2ccccc21. The molecule has 0 fully saturated rings.